The molecule has 0 unspecified atom stereocenters. The monoisotopic (exact) mass is 390 g/mol. The summed E-state index contributed by atoms with van der Waals surface area (Å²) in [7, 11) is 1.96. The van der Waals surface area contributed by atoms with Gasteiger partial charge in [0.1, 0.15) is 0 Å². The highest BCUT2D eigenvalue weighted by Gasteiger charge is 2.28. The quantitative estimate of drug-likeness (QED) is 0.642. The summed E-state index contributed by atoms with van der Waals surface area (Å²) >= 11 is 12.3. The molecule has 2 heterocycles. The van der Waals surface area contributed by atoms with Crippen LogP contribution in [0.25, 0.3) is 0 Å². The van der Waals surface area contributed by atoms with Crippen molar-refractivity contribution in [3.63, 3.8) is 0 Å². The van der Waals surface area contributed by atoms with E-state index in [9.17, 15) is 0 Å². The van der Waals surface area contributed by atoms with Crippen molar-refractivity contribution in [2.24, 2.45) is 5.10 Å². The Morgan fingerprint density at radius 1 is 1.08 bits per heavy atom. The molecule has 1 aromatic carbocycles. The Hall–Kier alpha value is -1.91. The van der Waals surface area contributed by atoms with Crippen LogP contribution < -0.4 is 4.90 Å². The highest BCUT2D eigenvalue weighted by atomic mass is 35.5. The minimum absolute atomic E-state index is 0.535. The van der Waals surface area contributed by atoms with Crippen molar-refractivity contribution in [3.8, 4) is 0 Å². The van der Waals surface area contributed by atoms with Gasteiger partial charge < -0.3 is 4.90 Å². The fraction of sp³-hybridized carbons (Fsp3) is 0.350. The van der Waals surface area contributed by atoms with Crippen LogP contribution in [0.15, 0.2) is 59.1 Å². The van der Waals surface area contributed by atoms with Crippen molar-refractivity contribution in [2.75, 3.05) is 25.0 Å². The molecule has 138 valence electrons. The van der Waals surface area contributed by atoms with E-state index in [0.29, 0.717) is 10.0 Å². The molecule has 0 saturated carbocycles. The first-order valence-electron chi connectivity index (χ1n) is 8.96. The molecule has 0 spiro atoms. The van der Waals surface area contributed by atoms with E-state index in [4.69, 9.17) is 28.3 Å². The van der Waals surface area contributed by atoms with Crippen molar-refractivity contribution >= 4 is 34.7 Å². The number of benzene rings is 1. The third-order valence-electron chi connectivity index (χ3n) is 4.31. The smallest absolute Gasteiger partial charge is 0.167 e. The SMILES string of the molecule is CCCN(CCC)C1=CN(C)N=C2C1=CC=CN2c1ccc(Cl)c(Cl)c1. The molecule has 1 aromatic rings. The number of hydrogen-bond acceptors (Lipinski definition) is 4. The van der Waals surface area contributed by atoms with E-state index in [1.54, 1.807) is 0 Å². The van der Waals surface area contributed by atoms with E-state index in [1.807, 2.05) is 42.5 Å². The molecule has 4 nitrogen and oxygen atoms in total. The van der Waals surface area contributed by atoms with Crippen LogP contribution in [-0.2, 0) is 0 Å². The van der Waals surface area contributed by atoms with Gasteiger partial charge in [-0.2, -0.15) is 5.10 Å². The molecule has 0 aliphatic carbocycles. The highest BCUT2D eigenvalue weighted by molar-refractivity contribution is 6.42. The van der Waals surface area contributed by atoms with E-state index in [-0.39, 0.29) is 0 Å². The minimum atomic E-state index is 0.535. The van der Waals surface area contributed by atoms with Crippen molar-refractivity contribution in [1.82, 2.24) is 9.91 Å². The molecule has 3 rings (SSSR count). The lowest BCUT2D eigenvalue weighted by atomic mass is 10.0. The second kappa shape index (κ2) is 8.19. The lowest BCUT2D eigenvalue weighted by Gasteiger charge is -2.36. The number of allylic oxidation sites excluding steroid dienone is 2. The van der Waals surface area contributed by atoms with Gasteiger partial charge in [0.15, 0.2) is 5.84 Å². The van der Waals surface area contributed by atoms with Crippen LogP contribution in [0.1, 0.15) is 26.7 Å². The zero-order chi connectivity index (χ0) is 18.7. The van der Waals surface area contributed by atoms with E-state index in [2.05, 4.69) is 35.9 Å². The van der Waals surface area contributed by atoms with E-state index >= 15 is 0 Å². The van der Waals surface area contributed by atoms with Gasteiger partial charge in [-0.15, -0.1) is 0 Å². The predicted octanol–water partition coefficient (Wildman–Crippen LogP) is 5.48. The molecule has 2 aliphatic heterocycles. The van der Waals surface area contributed by atoms with Gasteiger partial charge >= 0.3 is 0 Å². The summed E-state index contributed by atoms with van der Waals surface area (Å²) in [6.07, 6.45) is 10.5. The van der Waals surface area contributed by atoms with Crippen molar-refractivity contribution in [2.45, 2.75) is 26.7 Å². The lowest BCUT2D eigenvalue weighted by Crippen LogP contribution is -2.39. The Morgan fingerprint density at radius 2 is 1.81 bits per heavy atom. The van der Waals surface area contributed by atoms with Crippen LogP contribution >= 0.6 is 23.2 Å². The fourth-order valence-electron chi connectivity index (χ4n) is 3.21. The third-order valence-corrected chi connectivity index (χ3v) is 5.05. The first-order valence-corrected chi connectivity index (χ1v) is 9.72. The average molecular weight is 391 g/mol. The Kier molecular flexibility index (Phi) is 5.94. The van der Waals surface area contributed by atoms with Crippen LogP contribution in [0, 0.1) is 0 Å². The molecule has 2 aliphatic rings. The summed E-state index contributed by atoms with van der Waals surface area (Å²) in [6, 6.07) is 5.64. The second-order valence-electron chi connectivity index (χ2n) is 6.39. The summed E-state index contributed by atoms with van der Waals surface area (Å²) in [5.41, 5.74) is 3.27. The second-order valence-corrected chi connectivity index (χ2v) is 7.20. The molecular weight excluding hydrogens is 367 g/mol. The molecule has 0 saturated heterocycles. The van der Waals surface area contributed by atoms with Crippen molar-refractivity contribution in [3.05, 3.63) is 64.1 Å². The maximum absolute atomic E-state index is 6.23. The Labute approximate surface area is 165 Å². The fourth-order valence-corrected chi connectivity index (χ4v) is 3.51. The first-order chi connectivity index (χ1) is 12.5. The van der Waals surface area contributed by atoms with Gasteiger partial charge in [0.25, 0.3) is 0 Å². The summed E-state index contributed by atoms with van der Waals surface area (Å²) in [4.78, 5) is 4.49. The van der Waals surface area contributed by atoms with Gasteiger partial charge in [0, 0.05) is 43.8 Å². The summed E-state index contributed by atoms with van der Waals surface area (Å²) < 4.78 is 0. The molecule has 0 N–H and O–H groups in total. The zero-order valence-corrected chi connectivity index (χ0v) is 16.9. The van der Waals surface area contributed by atoms with Crippen LogP contribution in [0.3, 0.4) is 0 Å². The molecule has 0 atom stereocenters. The summed E-state index contributed by atoms with van der Waals surface area (Å²) in [5.74, 6) is 0.892. The molecular formula is C20H24Cl2N4. The van der Waals surface area contributed by atoms with Crippen molar-refractivity contribution in [1.29, 1.82) is 0 Å². The number of anilines is 1. The Morgan fingerprint density at radius 3 is 2.46 bits per heavy atom. The number of nitrogens with zero attached hydrogens (tertiary/aromatic N) is 4. The summed E-state index contributed by atoms with van der Waals surface area (Å²) in [5, 5.41) is 7.71. The van der Waals surface area contributed by atoms with Gasteiger partial charge in [0.05, 0.1) is 15.7 Å². The number of rotatable bonds is 6. The van der Waals surface area contributed by atoms with Gasteiger partial charge in [0.2, 0.25) is 0 Å². The molecule has 6 heteroatoms. The summed E-state index contributed by atoms with van der Waals surface area (Å²) in [6.45, 7) is 6.47. The molecule has 0 radical (unpaired) electrons. The number of fused-ring (bicyclic) bond motifs is 1. The third kappa shape index (κ3) is 3.76. The number of hydrazone groups is 1. The van der Waals surface area contributed by atoms with Crippen LogP contribution in [-0.4, -0.2) is 35.9 Å². The number of hydrogen-bond donors (Lipinski definition) is 0. The largest absolute Gasteiger partial charge is 0.370 e. The molecule has 0 aromatic heterocycles. The molecule has 0 bridgehead atoms. The van der Waals surface area contributed by atoms with Crippen LogP contribution in [0.5, 0.6) is 0 Å². The van der Waals surface area contributed by atoms with E-state index in [0.717, 1.165) is 43.0 Å². The first kappa shape index (κ1) is 18.9. The average Bonchev–Trinajstić information content (AvgIpc) is 2.63. The van der Waals surface area contributed by atoms with Crippen LogP contribution in [0.4, 0.5) is 5.69 Å². The van der Waals surface area contributed by atoms with Gasteiger partial charge in [-0.25, -0.2) is 0 Å². The number of amidine groups is 1. The Balaban J connectivity index is 1.98. The Bertz CT molecular complexity index is 789. The van der Waals surface area contributed by atoms with Crippen molar-refractivity contribution < 1.29 is 0 Å². The van der Waals surface area contributed by atoms with Crippen LogP contribution in [0.2, 0.25) is 10.0 Å². The highest BCUT2D eigenvalue weighted by Crippen LogP contribution is 2.33. The normalized spacial score (nSPS) is 16.1. The predicted molar refractivity (Wildman–Crippen MR) is 112 cm³/mol. The topological polar surface area (TPSA) is 22.1 Å². The van der Waals surface area contributed by atoms with Gasteiger partial charge in [-0.1, -0.05) is 37.0 Å². The lowest BCUT2D eigenvalue weighted by molar-refractivity contribution is 0.335. The zero-order valence-electron chi connectivity index (χ0n) is 15.4. The molecule has 0 amide bonds. The van der Waals surface area contributed by atoms with E-state index in [1.165, 1.54) is 5.70 Å². The maximum Gasteiger partial charge on any atom is 0.167 e. The molecule has 0 fully saturated rings. The standard InChI is InChI=1S/C20H24Cl2N4/c1-4-10-25(11-5-2)19-14-24(3)23-20-16(19)7-6-12-26(20)15-8-9-17(21)18(22)13-15/h6-9,12-14H,4-5,10-11H2,1-3H3. The minimum Gasteiger partial charge on any atom is -0.370 e. The van der Waals surface area contributed by atoms with E-state index < -0.39 is 0 Å². The van der Waals surface area contributed by atoms with Gasteiger partial charge in [-0.3, -0.25) is 9.91 Å². The number of halogens is 2. The van der Waals surface area contributed by atoms with Gasteiger partial charge in [-0.05, 0) is 43.2 Å². The molecule has 26 heavy (non-hydrogen) atoms. The maximum atomic E-state index is 6.23.